The lowest BCUT2D eigenvalue weighted by Crippen LogP contribution is -1.99. The lowest BCUT2D eigenvalue weighted by molar-refractivity contribution is -0.136. The number of carbonyl (C=O) groups is 2. The average molecular weight is 241 g/mol. The molecule has 1 aromatic carbocycles. The van der Waals surface area contributed by atoms with E-state index in [0.717, 1.165) is 17.2 Å². The third-order valence-electron chi connectivity index (χ3n) is 2.43. The molecule has 0 saturated carbocycles. The molecule has 0 saturated heterocycles. The summed E-state index contributed by atoms with van der Waals surface area (Å²) in [4.78, 5) is 24.9. The smallest absolute Gasteiger partial charge is 0.384 e. The molecular weight excluding hydrogens is 230 g/mol. The molecule has 0 aliphatic rings. The number of esters is 1. The van der Waals surface area contributed by atoms with Crippen molar-refractivity contribution in [2.45, 2.75) is 6.92 Å². The number of H-pyrrole nitrogens is 1. The molecule has 4 nitrogen and oxygen atoms in total. The predicted octanol–water partition coefficient (Wildman–Crippen LogP) is 1.90. The Balaban J connectivity index is 2.34. The highest BCUT2D eigenvalue weighted by molar-refractivity contribution is 5.98. The van der Waals surface area contributed by atoms with Crippen molar-refractivity contribution in [3.05, 3.63) is 35.5 Å². The SMILES string of the molecule is CCOC(=O)C#Cc1ccc2[nH]cc(C=O)c2c1. The monoisotopic (exact) mass is 241 g/mol. The van der Waals surface area contributed by atoms with Crippen LogP contribution < -0.4 is 0 Å². The average Bonchev–Trinajstić information content (AvgIpc) is 2.79. The number of carbonyl (C=O) groups excluding carboxylic acids is 2. The molecule has 18 heavy (non-hydrogen) atoms. The maximum atomic E-state index is 11.1. The molecule has 0 atom stereocenters. The quantitative estimate of drug-likeness (QED) is 0.496. The zero-order valence-corrected chi connectivity index (χ0v) is 9.82. The maximum absolute atomic E-state index is 11.1. The molecule has 1 heterocycles. The number of ether oxygens (including phenoxy) is 1. The van der Waals surface area contributed by atoms with Crippen molar-refractivity contribution in [1.82, 2.24) is 4.98 Å². The highest BCUT2D eigenvalue weighted by atomic mass is 16.5. The van der Waals surface area contributed by atoms with Crippen molar-refractivity contribution in [2.24, 2.45) is 0 Å². The molecule has 1 N–H and O–H groups in total. The van der Waals surface area contributed by atoms with Gasteiger partial charge in [-0.25, -0.2) is 4.79 Å². The normalized spacial score (nSPS) is 9.61. The van der Waals surface area contributed by atoms with E-state index >= 15 is 0 Å². The summed E-state index contributed by atoms with van der Waals surface area (Å²) in [6.45, 7) is 2.03. The van der Waals surface area contributed by atoms with Gasteiger partial charge in [-0.3, -0.25) is 4.79 Å². The molecule has 90 valence electrons. The van der Waals surface area contributed by atoms with Crippen LogP contribution in [0, 0.1) is 11.8 Å². The molecule has 0 aliphatic carbocycles. The second kappa shape index (κ2) is 5.19. The molecule has 1 aromatic heterocycles. The molecule has 0 fully saturated rings. The molecule has 0 unspecified atom stereocenters. The minimum atomic E-state index is -0.553. The Labute approximate surface area is 104 Å². The third-order valence-corrected chi connectivity index (χ3v) is 2.43. The van der Waals surface area contributed by atoms with Crippen LogP contribution in [-0.4, -0.2) is 23.8 Å². The first kappa shape index (κ1) is 11.9. The summed E-state index contributed by atoms with van der Waals surface area (Å²) in [5.41, 5.74) is 2.10. The van der Waals surface area contributed by atoms with E-state index in [2.05, 4.69) is 16.8 Å². The Hall–Kier alpha value is -2.54. The van der Waals surface area contributed by atoms with Crippen molar-refractivity contribution < 1.29 is 14.3 Å². The third kappa shape index (κ3) is 2.41. The van der Waals surface area contributed by atoms with Crippen molar-refractivity contribution in [3.63, 3.8) is 0 Å². The van der Waals surface area contributed by atoms with Gasteiger partial charge in [-0.2, -0.15) is 0 Å². The van der Waals surface area contributed by atoms with Gasteiger partial charge in [-0.05, 0) is 25.1 Å². The van der Waals surface area contributed by atoms with Crippen LogP contribution in [0.2, 0.25) is 0 Å². The van der Waals surface area contributed by atoms with Crippen LogP contribution in [0.15, 0.2) is 24.4 Å². The van der Waals surface area contributed by atoms with E-state index in [9.17, 15) is 9.59 Å². The van der Waals surface area contributed by atoms with Gasteiger partial charge in [0.15, 0.2) is 6.29 Å². The van der Waals surface area contributed by atoms with E-state index in [0.29, 0.717) is 17.7 Å². The summed E-state index contributed by atoms with van der Waals surface area (Å²) < 4.78 is 4.71. The zero-order chi connectivity index (χ0) is 13.0. The Morgan fingerprint density at radius 1 is 1.50 bits per heavy atom. The van der Waals surface area contributed by atoms with Crippen LogP contribution in [0.4, 0.5) is 0 Å². The molecule has 2 aromatic rings. The fourth-order valence-corrected chi connectivity index (χ4v) is 1.61. The van der Waals surface area contributed by atoms with Gasteiger partial charge in [0.1, 0.15) is 0 Å². The van der Waals surface area contributed by atoms with Crippen molar-refractivity contribution in [3.8, 4) is 11.8 Å². The lowest BCUT2D eigenvalue weighted by atomic mass is 10.1. The molecule has 0 bridgehead atoms. The second-order valence-corrected chi connectivity index (χ2v) is 3.59. The molecule has 0 amide bonds. The molecule has 0 spiro atoms. The highest BCUT2D eigenvalue weighted by Gasteiger charge is 2.02. The number of rotatable bonds is 2. The molecule has 0 aliphatic heterocycles. The first-order chi connectivity index (χ1) is 8.74. The molecular formula is C14H11NO3. The molecule has 0 radical (unpaired) electrons. The number of nitrogens with one attached hydrogen (secondary N) is 1. The summed E-state index contributed by atoms with van der Waals surface area (Å²) >= 11 is 0. The Morgan fingerprint density at radius 3 is 3.06 bits per heavy atom. The number of hydrogen-bond donors (Lipinski definition) is 1. The number of benzene rings is 1. The van der Waals surface area contributed by atoms with Gasteiger partial charge in [0.25, 0.3) is 0 Å². The van der Waals surface area contributed by atoms with E-state index in [1.807, 2.05) is 6.07 Å². The van der Waals surface area contributed by atoms with Crippen LogP contribution in [-0.2, 0) is 9.53 Å². The molecule has 2 rings (SSSR count). The van der Waals surface area contributed by atoms with E-state index in [1.54, 1.807) is 25.3 Å². The van der Waals surface area contributed by atoms with E-state index in [4.69, 9.17) is 4.74 Å². The zero-order valence-electron chi connectivity index (χ0n) is 9.82. The standard InChI is InChI=1S/C14H11NO3/c1-2-18-14(17)6-4-10-3-5-13-12(7-10)11(9-16)8-15-13/h3,5,7-9,15H,2H2,1H3. The first-order valence-corrected chi connectivity index (χ1v) is 5.49. The largest absolute Gasteiger partial charge is 0.456 e. The van der Waals surface area contributed by atoms with Crippen LogP contribution >= 0.6 is 0 Å². The summed E-state index contributed by atoms with van der Waals surface area (Å²) in [6, 6.07) is 5.36. The number of aromatic nitrogens is 1. The van der Waals surface area contributed by atoms with Gasteiger partial charge in [0, 0.05) is 34.1 Å². The Bertz CT molecular complexity index is 658. The van der Waals surface area contributed by atoms with Gasteiger partial charge >= 0.3 is 5.97 Å². The van der Waals surface area contributed by atoms with Crippen molar-refractivity contribution in [1.29, 1.82) is 0 Å². The maximum Gasteiger partial charge on any atom is 0.384 e. The van der Waals surface area contributed by atoms with E-state index in [-0.39, 0.29) is 0 Å². The number of aromatic amines is 1. The Morgan fingerprint density at radius 2 is 2.33 bits per heavy atom. The van der Waals surface area contributed by atoms with Crippen LogP contribution in [0.3, 0.4) is 0 Å². The summed E-state index contributed by atoms with van der Waals surface area (Å²) in [7, 11) is 0. The minimum Gasteiger partial charge on any atom is -0.456 e. The van der Waals surface area contributed by atoms with Gasteiger partial charge in [0.2, 0.25) is 0 Å². The fraction of sp³-hybridized carbons (Fsp3) is 0.143. The fourth-order valence-electron chi connectivity index (χ4n) is 1.61. The summed E-state index contributed by atoms with van der Waals surface area (Å²) in [6.07, 6.45) is 2.42. The highest BCUT2D eigenvalue weighted by Crippen LogP contribution is 2.17. The number of fused-ring (bicyclic) bond motifs is 1. The van der Waals surface area contributed by atoms with Gasteiger partial charge in [0.05, 0.1) is 6.61 Å². The second-order valence-electron chi connectivity index (χ2n) is 3.59. The Kier molecular flexibility index (Phi) is 3.44. The van der Waals surface area contributed by atoms with Crippen LogP contribution in [0.25, 0.3) is 10.9 Å². The number of aldehydes is 1. The number of hydrogen-bond acceptors (Lipinski definition) is 3. The van der Waals surface area contributed by atoms with Crippen LogP contribution in [0.5, 0.6) is 0 Å². The van der Waals surface area contributed by atoms with Gasteiger partial charge < -0.3 is 9.72 Å². The van der Waals surface area contributed by atoms with E-state index < -0.39 is 5.97 Å². The van der Waals surface area contributed by atoms with Gasteiger partial charge in [-0.15, -0.1) is 0 Å². The van der Waals surface area contributed by atoms with Gasteiger partial charge in [-0.1, -0.05) is 5.92 Å². The topological polar surface area (TPSA) is 59.2 Å². The van der Waals surface area contributed by atoms with Crippen molar-refractivity contribution in [2.75, 3.05) is 6.61 Å². The molecule has 4 heteroatoms. The predicted molar refractivity (Wildman–Crippen MR) is 67.2 cm³/mol. The summed E-state index contributed by atoms with van der Waals surface area (Å²) in [5.74, 6) is 4.54. The van der Waals surface area contributed by atoms with Crippen LogP contribution in [0.1, 0.15) is 22.8 Å². The first-order valence-electron chi connectivity index (χ1n) is 5.49. The minimum absolute atomic E-state index is 0.305. The summed E-state index contributed by atoms with van der Waals surface area (Å²) in [5, 5.41) is 0.792. The lowest BCUT2D eigenvalue weighted by Gasteiger charge is -1.94. The van der Waals surface area contributed by atoms with Crippen molar-refractivity contribution >= 4 is 23.2 Å². The van der Waals surface area contributed by atoms with E-state index in [1.165, 1.54) is 0 Å².